The summed E-state index contributed by atoms with van der Waals surface area (Å²) in [6, 6.07) is 5.78. The second-order valence-electron chi connectivity index (χ2n) is 4.78. The van der Waals surface area contributed by atoms with Gasteiger partial charge in [-0.15, -0.1) is 11.3 Å². The van der Waals surface area contributed by atoms with Crippen molar-refractivity contribution in [2.45, 2.75) is 13.0 Å². The largest absolute Gasteiger partial charge is 0.351 e. The Morgan fingerprint density at radius 3 is 3.09 bits per heavy atom. The summed E-state index contributed by atoms with van der Waals surface area (Å²) < 4.78 is 3.35. The van der Waals surface area contributed by atoms with Crippen LogP contribution in [0.1, 0.15) is 16.9 Å². The molecular formula is C14H16N6OS. The van der Waals surface area contributed by atoms with Crippen LogP contribution >= 0.6 is 11.3 Å². The molecule has 0 saturated carbocycles. The van der Waals surface area contributed by atoms with Gasteiger partial charge in [0.15, 0.2) is 0 Å². The Morgan fingerprint density at radius 2 is 2.36 bits per heavy atom. The standard InChI is InChI=1S/C14H16N6OS/c1-19-12(8-11(18-19)13-4-2-7-22-13)14(21)16-5-3-6-20-10-15-9-17-20/h2,4,7-10H,3,5-6H2,1H3,(H,16,21). The van der Waals surface area contributed by atoms with Gasteiger partial charge in [0.1, 0.15) is 24.0 Å². The summed E-state index contributed by atoms with van der Waals surface area (Å²) in [5.74, 6) is -0.114. The maximum atomic E-state index is 12.2. The van der Waals surface area contributed by atoms with Gasteiger partial charge in [0, 0.05) is 20.1 Å². The molecule has 0 aliphatic carbocycles. The molecule has 7 nitrogen and oxygen atoms in total. The van der Waals surface area contributed by atoms with Crippen LogP contribution in [-0.4, -0.2) is 37.0 Å². The lowest BCUT2D eigenvalue weighted by molar-refractivity contribution is 0.0943. The van der Waals surface area contributed by atoms with Crippen LogP contribution in [0.4, 0.5) is 0 Å². The quantitative estimate of drug-likeness (QED) is 0.700. The van der Waals surface area contributed by atoms with E-state index in [-0.39, 0.29) is 5.91 Å². The highest BCUT2D eigenvalue weighted by atomic mass is 32.1. The van der Waals surface area contributed by atoms with Gasteiger partial charge < -0.3 is 5.32 Å². The van der Waals surface area contributed by atoms with E-state index in [0.717, 1.165) is 23.5 Å². The molecule has 0 aliphatic rings. The number of carbonyl (C=O) groups is 1. The Balaban J connectivity index is 1.56. The van der Waals surface area contributed by atoms with E-state index < -0.39 is 0 Å². The minimum atomic E-state index is -0.114. The number of nitrogens with zero attached hydrogens (tertiary/aromatic N) is 5. The summed E-state index contributed by atoms with van der Waals surface area (Å²) in [6.07, 6.45) is 3.96. The number of carbonyl (C=O) groups excluding carboxylic acids is 1. The lowest BCUT2D eigenvalue weighted by Gasteiger charge is -2.05. The number of aryl methyl sites for hydroxylation is 2. The van der Waals surface area contributed by atoms with Gasteiger partial charge in [0.05, 0.1) is 4.88 Å². The number of hydrogen-bond acceptors (Lipinski definition) is 5. The van der Waals surface area contributed by atoms with Crippen LogP contribution in [0.15, 0.2) is 36.2 Å². The molecule has 3 rings (SSSR count). The molecule has 0 aromatic carbocycles. The van der Waals surface area contributed by atoms with Crippen molar-refractivity contribution in [3.8, 4) is 10.6 Å². The van der Waals surface area contributed by atoms with E-state index in [1.165, 1.54) is 6.33 Å². The van der Waals surface area contributed by atoms with E-state index in [0.29, 0.717) is 12.2 Å². The van der Waals surface area contributed by atoms with Crippen LogP contribution in [0.5, 0.6) is 0 Å². The fourth-order valence-electron chi connectivity index (χ4n) is 2.11. The minimum absolute atomic E-state index is 0.114. The van der Waals surface area contributed by atoms with Gasteiger partial charge in [-0.05, 0) is 23.9 Å². The summed E-state index contributed by atoms with van der Waals surface area (Å²) in [5, 5.41) is 13.3. The molecule has 0 unspecified atom stereocenters. The molecule has 114 valence electrons. The van der Waals surface area contributed by atoms with Crippen LogP contribution in [-0.2, 0) is 13.6 Å². The summed E-state index contributed by atoms with van der Waals surface area (Å²) in [7, 11) is 1.78. The molecule has 1 amide bonds. The molecule has 0 bridgehead atoms. The van der Waals surface area contributed by atoms with Crippen molar-refractivity contribution in [3.63, 3.8) is 0 Å². The maximum Gasteiger partial charge on any atom is 0.269 e. The fraction of sp³-hybridized carbons (Fsp3) is 0.286. The molecule has 1 N–H and O–H groups in total. The number of thiophene rings is 1. The van der Waals surface area contributed by atoms with Crippen molar-refractivity contribution in [2.24, 2.45) is 7.05 Å². The molecule has 0 aliphatic heterocycles. The van der Waals surface area contributed by atoms with E-state index in [4.69, 9.17) is 0 Å². The van der Waals surface area contributed by atoms with Crippen molar-refractivity contribution in [1.29, 1.82) is 0 Å². The lowest BCUT2D eigenvalue weighted by atomic mass is 10.3. The molecule has 0 fully saturated rings. The molecule has 8 heteroatoms. The number of nitrogens with one attached hydrogen (secondary N) is 1. The van der Waals surface area contributed by atoms with Gasteiger partial charge in [0.25, 0.3) is 5.91 Å². The van der Waals surface area contributed by atoms with Gasteiger partial charge >= 0.3 is 0 Å². The molecule has 3 heterocycles. The Bertz CT molecular complexity index is 732. The van der Waals surface area contributed by atoms with E-state index in [1.54, 1.807) is 34.1 Å². The Hall–Kier alpha value is -2.48. The number of rotatable bonds is 6. The van der Waals surface area contributed by atoms with Gasteiger partial charge in [-0.3, -0.25) is 14.2 Å². The molecule has 0 spiro atoms. The Kier molecular flexibility index (Phi) is 4.29. The molecule has 22 heavy (non-hydrogen) atoms. The summed E-state index contributed by atoms with van der Waals surface area (Å²) in [6.45, 7) is 1.31. The Morgan fingerprint density at radius 1 is 1.45 bits per heavy atom. The van der Waals surface area contributed by atoms with Crippen LogP contribution in [0.3, 0.4) is 0 Å². The monoisotopic (exact) mass is 316 g/mol. The average Bonchev–Trinajstić information content (AvgIpc) is 3.24. The summed E-state index contributed by atoms with van der Waals surface area (Å²) in [5.41, 5.74) is 1.38. The normalized spacial score (nSPS) is 10.8. The van der Waals surface area contributed by atoms with Gasteiger partial charge in [-0.2, -0.15) is 10.2 Å². The van der Waals surface area contributed by atoms with Gasteiger partial charge in [-0.25, -0.2) is 4.98 Å². The van der Waals surface area contributed by atoms with Crippen LogP contribution < -0.4 is 5.32 Å². The van der Waals surface area contributed by atoms with Crippen molar-refractivity contribution >= 4 is 17.2 Å². The summed E-state index contributed by atoms with van der Waals surface area (Å²) >= 11 is 1.61. The maximum absolute atomic E-state index is 12.2. The third kappa shape index (κ3) is 3.22. The third-order valence-electron chi connectivity index (χ3n) is 3.20. The molecular weight excluding hydrogens is 300 g/mol. The molecule has 3 aromatic rings. The van der Waals surface area contributed by atoms with Crippen LogP contribution in [0.25, 0.3) is 10.6 Å². The fourth-order valence-corrected chi connectivity index (χ4v) is 2.79. The zero-order chi connectivity index (χ0) is 15.4. The van der Waals surface area contributed by atoms with Crippen molar-refractivity contribution in [1.82, 2.24) is 29.9 Å². The second-order valence-corrected chi connectivity index (χ2v) is 5.73. The topological polar surface area (TPSA) is 77.6 Å². The van der Waals surface area contributed by atoms with Gasteiger partial charge in [-0.1, -0.05) is 6.07 Å². The highest BCUT2D eigenvalue weighted by molar-refractivity contribution is 7.13. The summed E-state index contributed by atoms with van der Waals surface area (Å²) in [4.78, 5) is 17.1. The number of hydrogen-bond donors (Lipinski definition) is 1. The first-order valence-corrected chi connectivity index (χ1v) is 7.80. The van der Waals surface area contributed by atoms with Crippen molar-refractivity contribution < 1.29 is 4.79 Å². The molecule has 0 atom stereocenters. The van der Waals surface area contributed by atoms with E-state index in [2.05, 4.69) is 20.5 Å². The van der Waals surface area contributed by atoms with Crippen molar-refractivity contribution in [2.75, 3.05) is 6.54 Å². The van der Waals surface area contributed by atoms with Crippen molar-refractivity contribution in [3.05, 3.63) is 41.9 Å². The highest BCUT2D eigenvalue weighted by Crippen LogP contribution is 2.23. The zero-order valence-electron chi connectivity index (χ0n) is 12.1. The lowest BCUT2D eigenvalue weighted by Crippen LogP contribution is -2.27. The minimum Gasteiger partial charge on any atom is -0.351 e. The average molecular weight is 316 g/mol. The molecule has 0 radical (unpaired) electrons. The number of aromatic nitrogens is 5. The predicted molar refractivity (Wildman–Crippen MR) is 83.5 cm³/mol. The first kappa shape index (κ1) is 14.5. The third-order valence-corrected chi connectivity index (χ3v) is 4.09. The smallest absolute Gasteiger partial charge is 0.269 e. The van der Waals surface area contributed by atoms with E-state index in [1.807, 2.05) is 23.6 Å². The highest BCUT2D eigenvalue weighted by Gasteiger charge is 2.14. The van der Waals surface area contributed by atoms with E-state index >= 15 is 0 Å². The second kappa shape index (κ2) is 6.52. The SMILES string of the molecule is Cn1nc(-c2cccs2)cc1C(=O)NCCCn1cncn1. The van der Waals surface area contributed by atoms with Gasteiger partial charge in [0.2, 0.25) is 0 Å². The first-order valence-electron chi connectivity index (χ1n) is 6.92. The zero-order valence-corrected chi connectivity index (χ0v) is 13.0. The molecule has 3 aromatic heterocycles. The molecule has 0 saturated heterocycles. The Labute approximate surface area is 131 Å². The van der Waals surface area contributed by atoms with Crippen LogP contribution in [0.2, 0.25) is 0 Å². The number of amides is 1. The van der Waals surface area contributed by atoms with Crippen LogP contribution in [0, 0.1) is 0 Å². The predicted octanol–water partition coefficient (Wildman–Crippen LogP) is 1.56. The first-order chi connectivity index (χ1) is 10.7. The van der Waals surface area contributed by atoms with E-state index in [9.17, 15) is 4.79 Å².